The van der Waals surface area contributed by atoms with E-state index in [1.54, 1.807) is 13.8 Å². The highest BCUT2D eigenvalue weighted by Crippen LogP contribution is 2.31. The number of alkyl halides is 1. The summed E-state index contributed by atoms with van der Waals surface area (Å²) in [7, 11) is 0. The summed E-state index contributed by atoms with van der Waals surface area (Å²) in [6.07, 6.45) is 18.3. The molecule has 7 heteroatoms. The lowest BCUT2D eigenvalue weighted by molar-refractivity contribution is -0.178. The fraction of sp³-hybridized carbons (Fsp3) is 0.515. The molecule has 6 nitrogen and oxygen atoms in total. The molecule has 3 rings (SSSR count). The van der Waals surface area contributed by atoms with Gasteiger partial charge in [0, 0.05) is 12.5 Å². The summed E-state index contributed by atoms with van der Waals surface area (Å²) in [5.74, 6) is -0.856. The van der Waals surface area contributed by atoms with Crippen molar-refractivity contribution in [3.63, 3.8) is 0 Å². The largest absolute Gasteiger partial charge is 0.465 e. The molecule has 2 aliphatic carbocycles. The number of unbranched alkanes of at least 4 members (excludes halogenated alkanes) is 1. The first kappa shape index (κ1) is 31.9. The summed E-state index contributed by atoms with van der Waals surface area (Å²) in [5, 5.41) is 9.73. The Kier molecular flexibility index (Phi) is 11.8. The topological polar surface area (TPSA) is 82.1 Å². The minimum Gasteiger partial charge on any atom is -0.465 e. The molecular formula is C33H43ClO6. The van der Waals surface area contributed by atoms with E-state index in [0.29, 0.717) is 18.9 Å². The van der Waals surface area contributed by atoms with E-state index in [1.807, 2.05) is 0 Å². The van der Waals surface area contributed by atoms with Crippen LogP contribution >= 0.6 is 11.6 Å². The maximum atomic E-state index is 12.7. The molecule has 0 fully saturated rings. The van der Waals surface area contributed by atoms with Gasteiger partial charge < -0.3 is 19.3 Å². The maximum absolute atomic E-state index is 12.7. The van der Waals surface area contributed by atoms with Gasteiger partial charge in [-0.15, -0.1) is 11.6 Å². The van der Waals surface area contributed by atoms with Crippen LogP contribution in [0.25, 0.3) is 6.08 Å². The van der Waals surface area contributed by atoms with Gasteiger partial charge in [0.15, 0.2) is 5.60 Å². The van der Waals surface area contributed by atoms with Gasteiger partial charge in [0.1, 0.15) is 12.0 Å². The highest BCUT2D eigenvalue weighted by atomic mass is 35.5. The van der Waals surface area contributed by atoms with Crippen molar-refractivity contribution in [1.82, 2.24) is 0 Å². The van der Waals surface area contributed by atoms with Crippen molar-refractivity contribution in [2.75, 3.05) is 32.3 Å². The third-order valence-corrected chi connectivity index (χ3v) is 7.64. The monoisotopic (exact) mass is 570 g/mol. The number of benzene rings is 1. The van der Waals surface area contributed by atoms with Crippen LogP contribution in [-0.4, -0.2) is 55.0 Å². The third-order valence-electron chi connectivity index (χ3n) is 7.37. The number of rotatable bonds is 14. The Morgan fingerprint density at radius 3 is 2.55 bits per heavy atom. The number of allylic oxidation sites excluding steroid dienone is 7. The van der Waals surface area contributed by atoms with Crippen molar-refractivity contribution >= 4 is 29.6 Å². The predicted molar refractivity (Wildman–Crippen MR) is 159 cm³/mol. The number of fused-ring (bicyclic) bond motifs is 1. The zero-order valence-corrected chi connectivity index (χ0v) is 25.0. The van der Waals surface area contributed by atoms with Crippen molar-refractivity contribution in [2.45, 2.75) is 71.8 Å². The fourth-order valence-corrected chi connectivity index (χ4v) is 4.69. The Balaban J connectivity index is 1.50. The second-order valence-corrected chi connectivity index (χ2v) is 11.7. The molecule has 0 radical (unpaired) electrons. The molecule has 0 spiro atoms. The van der Waals surface area contributed by atoms with Gasteiger partial charge in [-0.05, 0) is 94.0 Å². The van der Waals surface area contributed by atoms with Crippen LogP contribution in [0, 0.1) is 5.41 Å². The number of ether oxygens (including phenoxy) is 3. The van der Waals surface area contributed by atoms with Gasteiger partial charge in [0.25, 0.3) is 0 Å². The molecule has 0 saturated carbocycles. The van der Waals surface area contributed by atoms with E-state index in [2.05, 4.69) is 55.5 Å². The first-order valence-corrected chi connectivity index (χ1v) is 14.6. The van der Waals surface area contributed by atoms with Crippen LogP contribution in [0.4, 0.5) is 0 Å². The van der Waals surface area contributed by atoms with Crippen LogP contribution in [0.3, 0.4) is 0 Å². The quantitative estimate of drug-likeness (QED) is 0.166. The van der Waals surface area contributed by atoms with Crippen molar-refractivity contribution in [3.8, 4) is 0 Å². The molecule has 40 heavy (non-hydrogen) atoms. The normalized spacial score (nSPS) is 19.4. The molecule has 1 unspecified atom stereocenters. The number of aliphatic hydroxyl groups is 1. The minimum absolute atomic E-state index is 0.149. The molecule has 1 atom stereocenters. The summed E-state index contributed by atoms with van der Waals surface area (Å²) in [5.41, 5.74) is 5.54. The average molecular weight is 571 g/mol. The average Bonchev–Trinajstić information content (AvgIpc) is 2.94. The molecule has 1 aromatic rings. The lowest BCUT2D eigenvalue weighted by Gasteiger charge is -2.28. The van der Waals surface area contributed by atoms with Crippen molar-refractivity contribution in [2.24, 2.45) is 5.41 Å². The summed E-state index contributed by atoms with van der Waals surface area (Å²) in [4.78, 5) is 25.1. The Morgan fingerprint density at radius 1 is 1.00 bits per heavy atom. The van der Waals surface area contributed by atoms with Gasteiger partial charge in [-0.25, -0.2) is 4.79 Å². The molecule has 218 valence electrons. The SMILES string of the molecule is CC1=C\Cc2ccc(CCCCOC(C)(C)C(=O)OCC(C)(CO)C(=O)OCCCCl)c3c2C/C(=C/C=C\1)C=C3. The van der Waals surface area contributed by atoms with Gasteiger partial charge in [0.05, 0.1) is 13.2 Å². The van der Waals surface area contributed by atoms with Crippen LogP contribution < -0.4 is 0 Å². The van der Waals surface area contributed by atoms with Gasteiger partial charge in [-0.3, -0.25) is 4.79 Å². The van der Waals surface area contributed by atoms with E-state index in [-0.39, 0.29) is 13.2 Å². The van der Waals surface area contributed by atoms with Crippen molar-refractivity contribution in [1.29, 1.82) is 0 Å². The van der Waals surface area contributed by atoms with E-state index < -0.39 is 29.6 Å². The summed E-state index contributed by atoms with van der Waals surface area (Å²) in [6, 6.07) is 4.52. The molecular weight excluding hydrogens is 528 g/mol. The van der Waals surface area contributed by atoms with Crippen LogP contribution in [0.1, 0.15) is 69.2 Å². The summed E-state index contributed by atoms with van der Waals surface area (Å²) in [6.45, 7) is 6.68. The van der Waals surface area contributed by atoms with Crippen molar-refractivity contribution < 1.29 is 28.9 Å². The number of esters is 2. The van der Waals surface area contributed by atoms with E-state index in [9.17, 15) is 14.7 Å². The number of aryl methyl sites for hydroxylation is 1. The molecule has 0 aliphatic heterocycles. The molecule has 1 N–H and O–H groups in total. The highest BCUT2D eigenvalue weighted by Gasteiger charge is 2.39. The fourth-order valence-electron chi connectivity index (χ4n) is 4.58. The molecule has 0 saturated heterocycles. The Bertz CT molecular complexity index is 1180. The minimum atomic E-state index is -1.35. The van der Waals surface area contributed by atoms with Gasteiger partial charge in [-0.2, -0.15) is 0 Å². The molecule has 2 bridgehead atoms. The number of carbonyl (C=O) groups is 2. The van der Waals surface area contributed by atoms with Crippen LogP contribution in [0.2, 0.25) is 0 Å². The van der Waals surface area contributed by atoms with Gasteiger partial charge in [-0.1, -0.05) is 54.2 Å². The number of halogens is 1. The van der Waals surface area contributed by atoms with E-state index in [0.717, 1.165) is 32.1 Å². The van der Waals surface area contributed by atoms with Crippen LogP contribution in [-0.2, 0) is 43.1 Å². The van der Waals surface area contributed by atoms with E-state index in [4.69, 9.17) is 25.8 Å². The number of aliphatic hydroxyl groups excluding tert-OH is 1. The predicted octanol–water partition coefficient (Wildman–Crippen LogP) is 6.07. The molecule has 0 heterocycles. The Morgan fingerprint density at radius 2 is 1.80 bits per heavy atom. The zero-order valence-electron chi connectivity index (χ0n) is 24.3. The first-order valence-electron chi connectivity index (χ1n) is 14.1. The maximum Gasteiger partial charge on any atom is 0.337 e. The van der Waals surface area contributed by atoms with E-state index >= 15 is 0 Å². The zero-order chi connectivity index (χ0) is 29.2. The molecule has 2 aliphatic rings. The number of carbonyl (C=O) groups excluding carboxylic acids is 2. The van der Waals surface area contributed by atoms with E-state index in [1.165, 1.54) is 40.3 Å². The Labute approximate surface area is 243 Å². The lowest BCUT2D eigenvalue weighted by atomic mass is 9.84. The summed E-state index contributed by atoms with van der Waals surface area (Å²) >= 11 is 5.61. The van der Waals surface area contributed by atoms with Crippen LogP contribution in [0.15, 0.2) is 53.7 Å². The second-order valence-electron chi connectivity index (χ2n) is 11.3. The lowest BCUT2D eigenvalue weighted by Crippen LogP contribution is -2.43. The number of hydrogen-bond donors (Lipinski definition) is 1. The third kappa shape index (κ3) is 8.66. The van der Waals surface area contributed by atoms with Gasteiger partial charge in [0.2, 0.25) is 0 Å². The molecule has 0 amide bonds. The Hall–Kier alpha value is -2.67. The first-order chi connectivity index (χ1) is 19.1. The van der Waals surface area contributed by atoms with Gasteiger partial charge >= 0.3 is 11.9 Å². The highest BCUT2D eigenvalue weighted by molar-refractivity contribution is 6.17. The standard InChI is InChI=1S/C33H43ClO6/c1-24-9-7-10-25-13-17-28-26(15-16-27(14-12-24)29(28)21-25)11-5-6-20-40-32(2,3)30(36)39-23-33(4,22-35)31(37)38-19-8-18-34/h7,9-10,12-13,15-17,35H,5-6,8,11,14,18-23H2,1-4H3/b9-7-,24-12+,25-10+. The number of hydrogen-bond acceptors (Lipinski definition) is 6. The van der Waals surface area contributed by atoms with Crippen molar-refractivity contribution in [3.05, 3.63) is 75.9 Å². The van der Waals surface area contributed by atoms with Crippen LogP contribution in [0.5, 0.6) is 0 Å². The molecule has 0 aromatic heterocycles. The second kappa shape index (κ2) is 14.8. The summed E-state index contributed by atoms with van der Waals surface area (Å²) < 4.78 is 16.4. The smallest absolute Gasteiger partial charge is 0.337 e. The molecule has 1 aromatic carbocycles.